The van der Waals surface area contributed by atoms with Gasteiger partial charge >= 0.3 is 6.03 Å². The molecule has 6 nitrogen and oxygen atoms in total. The molecule has 0 bridgehead atoms. The second-order valence-electron chi connectivity index (χ2n) is 8.51. The van der Waals surface area contributed by atoms with Crippen LogP contribution < -0.4 is 10.2 Å². The largest absolute Gasteiger partial charge is 0.334 e. The van der Waals surface area contributed by atoms with Crippen LogP contribution in [0.5, 0.6) is 0 Å². The van der Waals surface area contributed by atoms with E-state index in [0.717, 1.165) is 44.7 Å². The Bertz CT molecular complexity index is 776. The molecule has 28 heavy (non-hydrogen) atoms. The van der Waals surface area contributed by atoms with Crippen molar-refractivity contribution in [2.24, 2.45) is 0 Å². The maximum atomic E-state index is 12.6. The first-order valence-corrected chi connectivity index (χ1v) is 10.6. The lowest BCUT2D eigenvalue weighted by Gasteiger charge is -2.47. The molecule has 6 heteroatoms. The molecule has 1 aliphatic carbocycles. The summed E-state index contributed by atoms with van der Waals surface area (Å²) in [4.78, 5) is 30.9. The van der Waals surface area contributed by atoms with Crippen molar-refractivity contribution in [3.05, 3.63) is 29.3 Å². The van der Waals surface area contributed by atoms with Crippen molar-refractivity contribution in [2.45, 2.75) is 57.5 Å². The monoisotopic (exact) mass is 384 g/mol. The molecule has 4 atom stereocenters. The maximum Gasteiger partial charge on any atom is 0.317 e. The highest BCUT2D eigenvalue weighted by atomic mass is 16.2. The Hall–Kier alpha value is -2.08. The fraction of sp³-hybridized carbons (Fsp3) is 0.636. The van der Waals surface area contributed by atoms with Gasteiger partial charge in [0, 0.05) is 62.7 Å². The number of urea groups is 1. The number of likely N-dealkylation sites (N-methyl/N-ethyl adjacent to an activating group) is 1. The first-order valence-electron chi connectivity index (χ1n) is 10.6. The number of piperidine rings is 1. The van der Waals surface area contributed by atoms with Gasteiger partial charge in [-0.15, -0.1) is 0 Å². The summed E-state index contributed by atoms with van der Waals surface area (Å²) in [6, 6.07) is 7.09. The molecular formula is C22H32N4O2. The van der Waals surface area contributed by atoms with Gasteiger partial charge in [-0.25, -0.2) is 4.79 Å². The highest BCUT2D eigenvalue weighted by molar-refractivity contribution is 5.94. The molecule has 2 unspecified atom stereocenters. The summed E-state index contributed by atoms with van der Waals surface area (Å²) in [6.07, 6.45) is 2.05. The molecule has 0 saturated carbocycles. The average molecular weight is 385 g/mol. The van der Waals surface area contributed by atoms with Gasteiger partial charge in [0.2, 0.25) is 5.91 Å². The quantitative estimate of drug-likeness (QED) is 0.872. The Morgan fingerprint density at radius 3 is 2.61 bits per heavy atom. The molecule has 0 aromatic heterocycles. The predicted octanol–water partition coefficient (Wildman–Crippen LogP) is 2.75. The molecule has 152 valence electrons. The van der Waals surface area contributed by atoms with E-state index in [2.05, 4.69) is 35.5 Å². The summed E-state index contributed by atoms with van der Waals surface area (Å²) in [5, 5.41) is 3.26. The second kappa shape index (κ2) is 7.39. The van der Waals surface area contributed by atoms with Crippen LogP contribution in [0.2, 0.25) is 0 Å². The van der Waals surface area contributed by atoms with E-state index in [1.807, 2.05) is 23.6 Å². The first-order chi connectivity index (χ1) is 13.4. The summed E-state index contributed by atoms with van der Waals surface area (Å²) >= 11 is 0. The number of carbonyl (C=O) groups is 2. The molecule has 0 spiro atoms. The van der Waals surface area contributed by atoms with Crippen LogP contribution in [0.4, 0.5) is 10.5 Å². The number of likely N-dealkylation sites (tertiary alicyclic amines) is 1. The summed E-state index contributed by atoms with van der Waals surface area (Å²) in [7, 11) is 2.18. The Labute approximate surface area is 167 Å². The molecule has 4 rings (SSSR count). The zero-order valence-electron chi connectivity index (χ0n) is 17.4. The molecule has 1 aromatic rings. The fourth-order valence-electron chi connectivity index (χ4n) is 5.65. The number of amides is 3. The van der Waals surface area contributed by atoms with E-state index < -0.39 is 0 Å². The van der Waals surface area contributed by atoms with E-state index in [4.69, 9.17) is 0 Å². The minimum Gasteiger partial charge on any atom is -0.334 e. The fourth-order valence-corrected chi connectivity index (χ4v) is 5.65. The summed E-state index contributed by atoms with van der Waals surface area (Å²) < 4.78 is 0. The average Bonchev–Trinajstić information content (AvgIpc) is 3.04. The molecule has 0 radical (unpaired) electrons. The van der Waals surface area contributed by atoms with Crippen LogP contribution in [-0.2, 0) is 4.79 Å². The molecule has 2 heterocycles. The van der Waals surface area contributed by atoms with E-state index in [-0.39, 0.29) is 18.0 Å². The lowest BCUT2D eigenvalue weighted by molar-refractivity contribution is -0.116. The summed E-state index contributed by atoms with van der Waals surface area (Å²) in [5.74, 6) is 0.961. The van der Waals surface area contributed by atoms with Gasteiger partial charge in [0.15, 0.2) is 0 Å². The minimum absolute atomic E-state index is 0.0385. The van der Waals surface area contributed by atoms with E-state index >= 15 is 0 Å². The first kappa shape index (κ1) is 19.2. The molecule has 1 aromatic carbocycles. The third-order valence-electron chi connectivity index (χ3n) is 6.98. The normalized spacial score (nSPS) is 28.5. The molecule has 2 aliphatic heterocycles. The number of nitrogens with one attached hydrogen (secondary N) is 1. The van der Waals surface area contributed by atoms with E-state index in [9.17, 15) is 9.59 Å². The third-order valence-corrected chi connectivity index (χ3v) is 6.98. The van der Waals surface area contributed by atoms with Crippen LogP contribution in [0.15, 0.2) is 18.2 Å². The number of carbonyl (C=O) groups excluding carboxylic acids is 2. The van der Waals surface area contributed by atoms with Gasteiger partial charge in [-0.1, -0.05) is 12.1 Å². The summed E-state index contributed by atoms with van der Waals surface area (Å²) in [6.45, 7) is 8.84. The Kier molecular flexibility index (Phi) is 5.08. The van der Waals surface area contributed by atoms with Crippen LogP contribution in [0, 0.1) is 0 Å². The zero-order valence-corrected chi connectivity index (χ0v) is 17.4. The third kappa shape index (κ3) is 3.08. The Balaban J connectivity index is 1.60. The maximum absolute atomic E-state index is 12.6. The van der Waals surface area contributed by atoms with Gasteiger partial charge in [-0.05, 0) is 50.9 Å². The van der Waals surface area contributed by atoms with Crippen molar-refractivity contribution in [1.29, 1.82) is 0 Å². The molecule has 1 N–H and O–H groups in total. The smallest absolute Gasteiger partial charge is 0.317 e. The molecule has 3 aliphatic rings. The standard InChI is InChI=1S/C22H32N4O2/c1-5-25(6-2)22(28)23-16-11-18-17-8-7-9-19-21(17)15(12-26(19)14(3)27)10-20(18)24(4)13-16/h7-9,15-16,18,20H,5-6,10-13H2,1-4H3,(H,23,28)/t15?,16-,18?,20+/m0/s1. The molecule has 1 saturated heterocycles. The van der Waals surface area contributed by atoms with Crippen molar-refractivity contribution in [1.82, 2.24) is 15.1 Å². The van der Waals surface area contributed by atoms with Crippen molar-refractivity contribution in [3.63, 3.8) is 0 Å². The van der Waals surface area contributed by atoms with Crippen molar-refractivity contribution in [3.8, 4) is 0 Å². The van der Waals surface area contributed by atoms with Gasteiger partial charge in [0.05, 0.1) is 0 Å². The van der Waals surface area contributed by atoms with E-state index in [1.54, 1.807) is 6.92 Å². The number of hydrogen-bond donors (Lipinski definition) is 1. The highest BCUT2D eigenvalue weighted by Gasteiger charge is 2.46. The SMILES string of the molecule is CCN(CC)C(=O)N[C@H]1CC2c3cccc4c3C(C[C@H]2N(C)C1)CN4C(C)=O. The number of rotatable bonds is 3. The highest BCUT2D eigenvalue weighted by Crippen LogP contribution is 2.51. The Morgan fingerprint density at radius 2 is 1.93 bits per heavy atom. The molecule has 1 fully saturated rings. The van der Waals surface area contributed by atoms with Crippen LogP contribution in [0.25, 0.3) is 0 Å². The molecular weight excluding hydrogens is 352 g/mol. The summed E-state index contributed by atoms with van der Waals surface area (Å²) in [5.41, 5.74) is 3.87. The van der Waals surface area contributed by atoms with Crippen LogP contribution in [0.1, 0.15) is 56.6 Å². The second-order valence-corrected chi connectivity index (χ2v) is 8.51. The van der Waals surface area contributed by atoms with Crippen LogP contribution >= 0.6 is 0 Å². The van der Waals surface area contributed by atoms with Gasteiger partial charge < -0.3 is 20.0 Å². The predicted molar refractivity (Wildman–Crippen MR) is 111 cm³/mol. The van der Waals surface area contributed by atoms with Crippen molar-refractivity contribution in [2.75, 3.05) is 38.1 Å². The Morgan fingerprint density at radius 1 is 1.18 bits per heavy atom. The van der Waals surface area contributed by atoms with Gasteiger partial charge in [-0.2, -0.15) is 0 Å². The van der Waals surface area contributed by atoms with Crippen molar-refractivity contribution < 1.29 is 9.59 Å². The minimum atomic E-state index is 0.0385. The topological polar surface area (TPSA) is 55.9 Å². The van der Waals surface area contributed by atoms with Crippen LogP contribution in [-0.4, -0.2) is 67.0 Å². The van der Waals surface area contributed by atoms with Gasteiger partial charge in [-0.3, -0.25) is 4.79 Å². The van der Waals surface area contributed by atoms with E-state index in [1.165, 1.54) is 11.1 Å². The van der Waals surface area contributed by atoms with Crippen LogP contribution in [0.3, 0.4) is 0 Å². The number of benzene rings is 1. The number of fused-ring (bicyclic) bond motifs is 2. The van der Waals surface area contributed by atoms with Crippen molar-refractivity contribution >= 4 is 17.6 Å². The number of hydrogen-bond acceptors (Lipinski definition) is 3. The van der Waals surface area contributed by atoms with Gasteiger partial charge in [0.25, 0.3) is 0 Å². The lowest BCUT2D eigenvalue weighted by Crippen LogP contribution is -2.56. The zero-order chi connectivity index (χ0) is 20.0. The van der Waals surface area contributed by atoms with E-state index in [0.29, 0.717) is 17.9 Å². The number of nitrogens with zero attached hydrogens (tertiary/aromatic N) is 3. The number of anilines is 1. The lowest BCUT2D eigenvalue weighted by atomic mass is 9.70. The van der Waals surface area contributed by atoms with Gasteiger partial charge in [0.1, 0.15) is 0 Å². The molecule has 3 amide bonds.